The minimum absolute atomic E-state index is 0.0631. The van der Waals surface area contributed by atoms with Crippen LogP contribution >= 0.6 is 0 Å². The molecule has 0 aromatic rings. The molecule has 1 amide bonds. The highest BCUT2D eigenvalue weighted by Crippen LogP contribution is 2.06. The van der Waals surface area contributed by atoms with Crippen LogP contribution in [0.15, 0.2) is 0 Å². The molecule has 86 valence electrons. The molecule has 0 aromatic heterocycles. The number of carbonyl (C=O) groups excluding carboxylic acids is 1. The average molecular weight is 217 g/mol. The maximum absolute atomic E-state index is 11.1. The molecule has 0 aliphatic heterocycles. The van der Waals surface area contributed by atoms with Crippen LogP contribution in [-0.2, 0) is 14.4 Å². The van der Waals surface area contributed by atoms with Crippen molar-refractivity contribution in [3.8, 4) is 0 Å². The fraction of sp³-hybridized carbons (Fsp3) is 0.667. The molecule has 0 rings (SSSR count). The van der Waals surface area contributed by atoms with E-state index < -0.39 is 11.9 Å². The van der Waals surface area contributed by atoms with E-state index in [0.717, 1.165) is 0 Å². The summed E-state index contributed by atoms with van der Waals surface area (Å²) in [5, 5.41) is 19.1. The lowest BCUT2D eigenvalue weighted by Gasteiger charge is -2.08. The Bertz CT molecular complexity index is 251. The van der Waals surface area contributed by atoms with E-state index in [4.69, 9.17) is 10.2 Å². The zero-order valence-electron chi connectivity index (χ0n) is 8.52. The number of hydrogen-bond donors (Lipinski definition) is 3. The van der Waals surface area contributed by atoms with Gasteiger partial charge in [0.2, 0.25) is 5.91 Å². The molecule has 0 aliphatic carbocycles. The van der Waals surface area contributed by atoms with E-state index in [-0.39, 0.29) is 37.6 Å². The molecule has 6 heteroatoms. The monoisotopic (exact) mass is 217 g/mol. The molecule has 3 N–H and O–H groups in total. The molecular formula is C9H15NO5. The van der Waals surface area contributed by atoms with Crippen LogP contribution in [0.25, 0.3) is 0 Å². The predicted octanol–water partition coefficient (Wildman–Crippen LogP) is 0.0782. The molecule has 6 nitrogen and oxygen atoms in total. The normalized spacial score (nSPS) is 11.8. The van der Waals surface area contributed by atoms with E-state index >= 15 is 0 Å². The van der Waals surface area contributed by atoms with Crippen molar-refractivity contribution in [2.75, 3.05) is 6.54 Å². The summed E-state index contributed by atoms with van der Waals surface area (Å²) in [4.78, 5) is 31.5. The summed E-state index contributed by atoms with van der Waals surface area (Å²) >= 11 is 0. The van der Waals surface area contributed by atoms with Crippen molar-refractivity contribution >= 4 is 17.8 Å². The van der Waals surface area contributed by atoms with Crippen LogP contribution < -0.4 is 5.32 Å². The first-order valence-electron chi connectivity index (χ1n) is 4.62. The summed E-state index contributed by atoms with van der Waals surface area (Å²) in [6, 6.07) is 0. The molecule has 0 heterocycles. The number of rotatable bonds is 7. The number of amides is 1. The van der Waals surface area contributed by atoms with Gasteiger partial charge < -0.3 is 15.5 Å². The first-order chi connectivity index (χ1) is 6.91. The maximum Gasteiger partial charge on any atom is 0.305 e. The Morgan fingerprint density at radius 1 is 1.13 bits per heavy atom. The maximum atomic E-state index is 11.1. The molecule has 0 saturated heterocycles. The largest absolute Gasteiger partial charge is 0.481 e. The average Bonchev–Trinajstić information content (AvgIpc) is 2.00. The van der Waals surface area contributed by atoms with Crippen molar-refractivity contribution in [1.82, 2.24) is 5.32 Å². The molecule has 15 heavy (non-hydrogen) atoms. The van der Waals surface area contributed by atoms with Crippen molar-refractivity contribution in [2.45, 2.75) is 26.2 Å². The van der Waals surface area contributed by atoms with Gasteiger partial charge in [-0.3, -0.25) is 14.4 Å². The van der Waals surface area contributed by atoms with Crippen molar-refractivity contribution in [3.05, 3.63) is 0 Å². The minimum atomic E-state index is -0.978. The van der Waals surface area contributed by atoms with E-state index in [0.29, 0.717) is 0 Å². The van der Waals surface area contributed by atoms with Crippen LogP contribution in [0.1, 0.15) is 26.2 Å². The first kappa shape index (κ1) is 13.4. The van der Waals surface area contributed by atoms with Gasteiger partial charge >= 0.3 is 11.9 Å². The fourth-order valence-electron chi connectivity index (χ4n) is 1.07. The Labute approximate surface area is 87.3 Å². The van der Waals surface area contributed by atoms with E-state index in [9.17, 15) is 14.4 Å². The Morgan fingerprint density at radius 3 is 2.20 bits per heavy atom. The van der Waals surface area contributed by atoms with Crippen LogP contribution in [0.5, 0.6) is 0 Å². The molecule has 0 aliphatic rings. The topological polar surface area (TPSA) is 104 Å². The smallest absolute Gasteiger partial charge is 0.305 e. The molecule has 0 bridgehead atoms. The van der Waals surface area contributed by atoms with E-state index in [1.54, 1.807) is 6.92 Å². The second kappa shape index (κ2) is 6.80. The molecule has 1 unspecified atom stereocenters. The van der Waals surface area contributed by atoms with Crippen LogP contribution in [0, 0.1) is 5.92 Å². The first-order valence-corrected chi connectivity index (χ1v) is 4.62. The number of carbonyl (C=O) groups is 3. The van der Waals surface area contributed by atoms with Crippen LogP contribution in [0.2, 0.25) is 0 Å². The van der Waals surface area contributed by atoms with Crippen LogP contribution in [-0.4, -0.2) is 34.6 Å². The Kier molecular flexibility index (Phi) is 6.08. The van der Waals surface area contributed by atoms with Gasteiger partial charge in [-0.25, -0.2) is 0 Å². The summed E-state index contributed by atoms with van der Waals surface area (Å²) in [7, 11) is 0. The van der Waals surface area contributed by atoms with Gasteiger partial charge in [0.1, 0.15) is 0 Å². The number of carboxylic acid groups (broad SMARTS) is 2. The van der Waals surface area contributed by atoms with Gasteiger partial charge in [-0.15, -0.1) is 0 Å². The van der Waals surface area contributed by atoms with Gasteiger partial charge in [-0.05, 0) is 5.92 Å². The quantitative estimate of drug-likeness (QED) is 0.560. The van der Waals surface area contributed by atoms with Gasteiger partial charge in [0, 0.05) is 19.4 Å². The number of carboxylic acids is 2. The summed E-state index contributed by atoms with van der Waals surface area (Å²) in [5.74, 6) is -2.48. The van der Waals surface area contributed by atoms with Crippen LogP contribution in [0.3, 0.4) is 0 Å². The van der Waals surface area contributed by atoms with Gasteiger partial charge in [-0.2, -0.15) is 0 Å². The van der Waals surface area contributed by atoms with Crippen LogP contribution in [0.4, 0.5) is 0 Å². The van der Waals surface area contributed by atoms with Gasteiger partial charge in [0.25, 0.3) is 0 Å². The fourth-order valence-corrected chi connectivity index (χ4v) is 1.07. The summed E-state index contributed by atoms with van der Waals surface area (Å²) in [5.41, 5.74) is 0. The molecule has 0 fully saturated rings. The van der Waals surface area contributed by atoms with E-state index in [2.05, 4.69) is 5.32 Å². The summed E-state index contributed by atoms with van der Waals surface area (Å²) in [6.45, 7) is 1.73. The SMILES string of the molecule is CC(CC(=O)O)CC(=O)NCCC(=O)O. The van der Waals surface area contributed by atoms with Gasteiger partial charge in [0.15, 0.2) is 0 Å². The molecular weight excluding hydrogens is 202 g/mol. The molecule has 0 radical (unpaired) electrons. The second-order valence-corrected chi connectivity index (χ2v) is 3.40. The third kappa shape index (κ3) is 8.73. The highest BCUT2D eigenvalue weighted by molar-refractivity contribution is 5.77. The Morgan fingerprint density at radius 2 is 1.73 bits per heavy atom. The van der Waals surface area contributed by atoms with Crippen molar-refractivity contribution in [3.63, 3.8) is 0 Å². The molecule has 0 saturated carbocycles. The van der Waals surface area contributed by atoms with Crippen molar-refractivity contribution < 1.29 is 24.6 Å². The Hall–Kier alpha value is -1.59. The van der Waals surface area contributed by atoms with Crippen molar-refractivity contribution in [2.24, 2.45) is 5.92 Å². The number of aliphatic carboxylic acids is 2. The highest BCUT2D eigenvalue weighted by atomic mass is 16.4. The number of hydrogen-bond acceptors (Lipinski definition) is 3. The minimum Gasteiger partial charge on any atom is -0.481 e. The molecule has 1 atom stereocenters. The zero-order chi connectivity index (χ0) is 11.8. The predicted molar refractivity (Wildman–Crippen MR) is 51.3 cm³/mol. The molecule has 0 spiro atoms. The zero-order valence-corrected chi connectivity index (χ0v) is 8.52. The van der Waals surface area contributed by atoms with Gasteiger partial charge in [0.05, 0.1) is 6.42 Å². The Balaban J connectivity index is 3.64. The lowest BCUT2D eigenvalue weighted by molar-refractivity contribution is -0.138. The lowest BCUT2D eigenvalue weighted by Crippen LogP contribution is -2.27. The molecule has 0 aromatic carbocycles. The van der Waals surface area contributed by atoms with Crippen molar-refractivity contribution in [1.29, 1.82) is 0 Å². The standard InChI is InChI=1S/C9H15NO5/c1-6(5-9(14)15)4-7(11)10-3-2-8(12)13/h6H,2-5H2,1H3,(H,10,11)(H,12,13)(H,14,15). The lowest BCUT2D eigenvalue weighted by atomic mass is 10.0. The van der Waals surface area contributed by atoms with E-state index in [1.807, 2.05) is 0 Å². The highest BCUT2D eigenvalue weighted by Gasteiger charge is 2.12. The number of nitrogens with one attached hydrogen (secondary N) is 1. The summed E-state index contributed by atoms with van der Waals surface area (Å²) in [6.07, 6.45) is -0.0860. The summed E-state index contributed by atoms with van der Waals surface area (Å²) < 4.78 is 0. The van der Waals surface area contributed by atoms with Gasteiger partial charge in [-0.1, -0.05) is 6.92 Å². The van der Waals surface area contributed by atoms with E-state index in [1.165, 1.54) is 0 Å². The second-order valence-electron chi connectivity index (χ2n) is 3.40. The third-order valence-electron chi connectivity index (χ3n) is 1.72. The third-order valence-corrected chi connectivity index (χ3v) is 1.72.